The van der Waals surface area contributed by atoms with Crippen LogP contribution < -0.4 is 16.0 Å². The van der Waals surface area contributed by atoms with E-state index in [4.69, 9.17) is 0 Å². The van der Waals surface area contributed by atoms with Gasteiger partial charge in [0, 0.05) is 29.2 Å². The molecule has 1 aromatic carbocycles. The Bertz CT molecular complexity index is 934. The summed E-state index contributed by atoms with van der Waals surface area (Å²) < 4.78 is 70.0. The molecule has 1 saturated heterocycles. The summed E-state index contributed by atoms with van der Waals surface area (Å²) in [6.45, 7) is 4.68. The first kappa shape index (κ1) is 24.1. The van der Waals surface area contributed by atoms with Crippen molar-refractivity contribution in [3.05, 3.63) is 46.5 Å². The highest BCUT2D eigenvalue weighted by Crippen LogP contribution is 2.36. The number of nitrogens with one attached hydrogen (secondary N) is 3. The lowest BCUT2D eigenvalue weighted by Crippen LogP contribution is -2.60. The molecule has 1 fully saturated rings. The number of benzene rings is 1. The Hall–Kier alpha value is -2.53. The van der Waals surface area contributed by atoms with Crippen molar-refractivity contribution in [1.29, 1.82) is 0 Å². The topological polar surface area (TPSA) is 79.5 Å². The number of rotatable bonds is 5. The number of piperidine rings is 1. The van der Waals surface area contributed by atoms with Gasteiger partial charge in [-0.1, -0.05) is 11.6 Å². The number of alkyl halides is 3. The van der Waals surface area contributed by atoms with Gasteiger partial charge in [-0.2, -0.15) is 0 Å². The Morgan fingerprint density at radius 2 is 1.94 bits per heavy atom. The highest BCUT2D eigenvalue weighted by molar-refractivity contribution is 6.01. The molecule has 11 heteroatoms. The van der Waals surface area contributed by atoms with Crippen LogP contribution in [-0.2, 0) is 14.3 Å². The molecule has 2 heterocycles. The van der Waals surface area contributed by atoms with Crippen molar-refractivity contribution >= 4 is 11.8 Å². The van der Waals surface area contributed by atoms with Crippen LogP contribution >= 0.6 is 0 Å². The fourth-order valence-electron chi connectivity index (χ4n) is 4.39. The first-order chi connectivity index (χ1) is 14.9. The molecule has 6 nitrogen and oxygen atoms in total. The number of carbonyl (C=O) groups excluding carboxylic acids is 2. The van der Waals surface area contributed by atoms with Crippen molar-refractivity contribution in [2.45, 2.75) is 51.9 Å². The number of hydrogen-bond donors (Lipinski definition) is 3. The lowest BCUT2D eigenvalue weighted by atomic mass is 9.77. The van der Waals surface area contributed by atoms with E-state index in [1.165, 1.54) is 26.8 Å². The Kier molecular flexibility index (Phi) is 6.89. The molecule has 3 unspecified atom stereocenters. The minimum absolute atomic E-state index is 0.0370. The molecular formula is C21H24F5N3O3. The molecule has 0 bridgehead atoms. The Morgan fingerprint density at radius 1 is 1.25 bits per heavy atom. The minimum atomic E-state index is -4.88. The summed E-state index contributed by atoms with van der Waals surface area (Å²) in [5.74, 6) is -4.61. The van der Waals surface area contributed by atoms with Crippen molar-refractivity contribution in [2.24, 2.45) is 11.8 Å². The van der Waals surface area contributed by atoms with E-state index in [0.29, 0.717) is 18.1 Å². The predicted octanol–water partition coefficient (Wildman–Crippen LogP) is 3.07. The predicted molar refractivity (Wildman–Crippen MR) is 104 cm³/mol. The fraction of sp³-hybridized carbons (Fsp3) is 0.524. The first-order valence-electron chi connectivity index (χ1n) is 10.1. The molecule has 2 amide bonds. The summed E-state index contributed by atoms with van der Waals surface area (Å²) in [6, 6.07) is 1.56. The van der Waals surface area contributed by atoms with Gasteiger partial charge in [-0.3, -0.25) is 19.6 Å². The van der Waals surface area contributed by atoms with Gasteiger partial charge in [0.2, 0.25) is 11.8 Å². The maximum Gasteiger partial charge on any atom is 0.524 e. The molecule has 0 saturated carbocycles. The van der Waals surface area contributed by atoms with Crippen LogP contribution in [0, 0.1) is 23.5 Å². The van der Waals surface area contributed by atoms with Crippen LogP contribution in [0.15, 0.2) is 29.3 Å². The molecular weight excluding hydrogens is 437 g/mol. The van der Waals surface area contributed by atoms with Crippen molar-refractivity contribution in [3.63, 3.8) is 0 Å². The number of fused-ring (bicyclic) bond motifs is 1. The third-order valence-corrected chi connectivity index (χ3v) is 5.92. The van der Waals surface area contributed by atoms with Gasteiger partial charge in [0.25, 0.3) is 0 Å². The fourth-order valence-corrected chi connectivity index (χ4v) is 4.39. The Morgan fingerprint density at radius 3 is 2.56 bits per heavy atom. The van der Waals surface area contributed by atoms with Gasteiger partial charge >= 0.3 is 6.36 Å². The van der Waals surface area contributed by atoms with Crippen LogP contribution in [0.25, 0.3) is 0 Å². The summed E-state index contributed by atoms with van der Waals surface area (Å²) >= 11 is 0. The quantitative estimate of drug-likeness (QED) is 0.589. The Labute approximate surface area is 181 Å². The van der Waals surface area contributed by atoms with Crippen LogP contribution in [0.1, 0.15) is 38.8 Å². The maximum atomic E-state index is 14.0. The lowest BCUT2D eigenvalue weighted by molar-refractivity contribution is -0.353. The number of halogens is 5. The molecule has 0 spiro atoms. The van der Waals surface area contributed by atoms with Crippen molar-refractivity contribution in [1.82, 2.24) is 16.0 Å². The van der Waals surface area contributed by atoms with Crippen LogP contribution in [-0.4, -0.2) is 37.0 Å². The molecule has 176 valence electrons. The summed E-state index contributed by atoms with van der Waals surface area (Å²) in [6.07, 6.45) is -5.88. The smallest absolute Gasteiger partial charge is 0.349 e. The molecule has 3 rings (SSSR count). The van der Waals surface area contributed by atoms with E-state index in [2.05, 4.69) is 20.7 Å². The van der Waals surface area contributed by atoms with Gasteiger partial charge in [0.15, 0.2) is 0 Å². The second kappa shape index (κ2) is 9.14. The van der Waals surface area contributed by atoms with Gasteiger partial charge in [-0.15, -0.1) is 13.2 Å². The Balaban J connectivity index is 1.83. The largest absolute Gasteiger partial charge is 0.524 e. The van der Waals surface area contributed by atoms with E-state index in [-0.39, 0.29) is 17.7 Å². The summed E-state index contributed by atoms with van der Waals surface area (Å²) in [7, 11) is 0. The molecule has 2 aliphatic heterocycles. The number of ether oxygens (including phenoxy) is 1. The van der Waals surface area contributed by atoms with Crippen LogP contribution in [0.2, 0.25) is 0 Å². The third kappa shape index (κ3) is 5.09. The third-order valence-electron chi connectivity index (χ3n) is 5.92. The normalized spacial score (nSPS) is 25.6. The van der Waals surface area contributed by atoms with Crippen molar-refractivity contribution in [2.75, 3.05) is 6.54 Å². The highest BCUT2D eigenvalue weighted by atomic mass is 19.4. The zero-order valence-electron chi connectivity index (χ0n) is 17.6. The summed E-state index contributed by atoms with van der Waals surface area (Å²) in [5.41, 5.74) is 0.416. The molecule has 0 aliphatic carbocycles. The minimum Gasteiger partial charge on any atom is -0.349 e. The zero-order chi connectivity index (χ0) is 23.8. The van der Waals surface area contributed by atoms with E-state index in [1.807, 2.05) is 0 Å². The molecule has 0 aromatic heterocycles. The standard InChI is InChI=1S/C21H24F5N3O3/c1-9-16(10(2)18(30)28-11(3)13-5-4-12(22)8-14(13)23)19(31)29-15-6-7-27-20(17(9)15)32-21(24,25)26/h4-5,8,10-11,15,17,20,27H,6-7H2,1-3H3,(H,28,30)(H,29,31)/t10-,11+,15?,17?,20?/m1/s1. The SMILES string of the molecule is CC1=C([C@@H](C)C(=O)N[C@@H](C)c2ccc(F)cc2F)C(=O)NC2CCNC(OC(F)(F)F)C12. The van der Waals surface area contributed by atoms with E-state index in [0.717, 1.165) is 6.07 Å². The molecule has 2 aliphatic rings. The monoisotopic (exact) mass is 461 g/mol. The maximum absolute atomic E-state index is 14.0. The van der Waals surface area contributed by atoms with E-state index in [9.17, 15) is 31.5 Å². The van der Waals surface area contributed by atoms with Gasteiger partial charge in [-0.25, -0.2) is 8.78 Å². The second-order valence-electron chi connectivity index (χ2n) is 8.05. The van der Waals surface area contributed by atoms with E-state index >= 15 is 0 Å². The van der Waals surface area contributed by atoms with Crippen molar-refractivity contribution in [3.8, 4) is 0 Å². The summed E-state index contributed by atoms with van der Waals surface area (Å²) in [4.78, 5) is 25.5. The van der Waals surface area contributed by atoms with E-state index in [1.54, 1.807) is 0 Å². The molecule has 0 radical (unpaired) electrons. The van der Waals surface area contributed by atoms with Crippen molar-refractivity contribution < 1.29 is 36.3 Å². The second-order valence-corrected chi connectivity index (χ2v) is 8.05. The molecule has 3 N–H and O–H groups in total. The van der Waals surface area contributed by atoms with Crippen LogP contribution in [0.3, 0.4) is 0 Å². The van der Waals surface area contributed by atoms with Crippen LogP contribution in [0.5, 0.6) is 0 Å². The van der Waals surface area contributed by atoms with Gasteiger partial charge in [-0.05, 0) is 39.8 Å². The number of amides is 2. The van der Waals surface area contributed by atoms with Gasteiger partial charge in [0.05, 0.1) is 12.0 Å². The number of hydrogen-bond acceptors (Lipinski definition) is 4. The molecule has 1 aromatic rings. The highest BCUT2D eigenvalue weighted by Gasteiger charge is 2.47. The van der Waals surface area contributed by atoms with Gasteiger partial charge in [0.1, 0.15) is 17.9 Å². The average molecular weight is 461 g/mol. The molecule has 5 atom stereocenters. The molecule has 32 heavy (non-hydrogen) atoms. The number of carbonyl (C=O) groups is 2. The lowest BCUT2D eigenvalue weighted by Gasteiger charge is -2.43. The van der Waals surface area contributed by atoms with Crippen LogP contribution in [0.4, 0.5) is 22.0 Å². The van der Waals surface area contributed by atoms with E-state index < -0.39 is 60.0 Å². The van der Waals surface area contributed by atoms with Gasteiger partial charge < -0.3 is 10.6 Å². The average Bonchev–Trinajstić information content (AvgIpc) is 2.66. The first-order valence-corrected chi connectivity index (χ1v) is 10.1. The zero-order valence-corrected chi connectivity index (χ0v) is 17.6. The summed E-state index contributed by atoms with van der Waals surface area (Å²) in [5, 5.41) is 7.93.